The molecule has 2 rings (SSSR count). The van der Waals surface area contributed by atoms with Gasteiger partial charge >= 0.3 is 0 Å². The van der Waals surface area contributed by atoms with E-state index in [0.717, 1.165) is 10.4 Å². The maximum Gasteiger partial charge on any atom is 0.293 e. The van der Waals surface area contributed by atoms with Crippen molar-refractivity contribution in [1.29, 1.82) is 0 Å². The van der Waals surface area contributed by atoms with Crippen LogP contribution in [0.25, 0.3) is 0 Å². The fraction of sp³-hybridized carbons (Fsp3) is 0.364. The molecule has 1 aromatic rings. The normalized spacial score (nSPS) is 20.0. The molecule has 1 amide bonds. The van der Waals surface area contributed by atoms with Gasteiger partial charge in [-0.1, -0.05) is 0 Å². The number of amides is 1. The third-order valence-corrected chi connectivity index (χ3v) is 5.21. The molecule has 10 heteroatoms. The molecule has 3 N–H and O–H groups in total. The molecule has 0 spiro atoms. The molecule has 0 aromatic heterocycles. The number of nitrogens with two attached hydrogens (primary N) is 1. The van der Waals surface area contributed by atoms with Crippen LogP contribution in [0.15, 0.2) is 23.1 Å². The minimum atomic E-state index is -4.00. The Balaban J connectivity index is 2.47. The number of anilines is 1. The highest BCUT2D eigenvalue weighted by atomic mass is 32.2. The lowest BCUT2D eigenvalue weighted by Crippen LogP contribution is -2.55. The van der Waals surface area contributed by atoms with E-state index in [0.29, 0.717) is 0 Å². The SMILES string of the molecule is CC1C(=O)NCCN1S(=O)(=O)c1ccc(N)c([N+](=O)[O-])c1. The second kappa shape index (κ2) is 5.30. The van der Waals surface area contributed by atoms with Crippen molar-refractivity contribution in [3.63, 3.8) is 0 Å². The number of nitrogens with one attached hydrogen (secondary N) is 1. The number of nitro benzene ring substituents is 1. The van der Waals surface area contributed by atoms with Crippen molar-refractivity contribution in [1.82, 2.24) is 9.62 Å². The molecule has 1 heterocycles. The van der Waals surface area contributed by atoms with Gasteiger partial charge in [0, 0.05) is 19.2 Å². The van der Waals surface area contributed by atoms with Gasteiger partial charge in [-0.05, 0) is 19.1 Å². The Morgan fingerprint density at radius 2 is 2.14 bits per heavy atom. The quantitative estimate of drug-likeness (QED) is 0.446. The van der Waals surface area contributed by atoms with Gasteiger partial charge in [0.2, 0.25) is 15.9 Å². The van der Waals surface area contributed by atoms with E-state index in [1.54, 1.807) is 0 Å². The van der Waals surface area contributed by atoms with Crippen molar-refractivity contribution in [2.45, 2.75) is 17.9 Å². The van der Waals surface area contributed by atoms with Crippen molar-refractivity contribution < 1.29 is 18.1 Å². The Labute approximate surface area is 120 Å². The molecule has 1 unspecified atom stereocenters. The molecular weight excluding hydrogens is 300 g/mol. The number of hydrogen-bond acceptors (Lipinski definition) is 6. The van der Waals surface area contributed by atoms with Crippen molar-refractivity contribution in [2.75, 3.05) is 18.8 Å². The summed E-state index contributed by atoms with van der Waals surface area (Å²) in [5.74, 6) is -0.408. The lowest BCUT2D eigenvalue weighted by molar-refractivity contribution is -0.384. The topological polar surface area (TPSA) is 136 Å². The molecule has 114 valence electrons. The lowest BCUT2D eigenvalue weighted by atomic mass is 10.2. The molecule has 1 aliphatic heterocycles. The molecule has 1 saturated heterocycles. The molecule has 1 fully saturated rings. The molecule has 1 aromatic carbocycles. The lowest BCUT2D eigenvalue weighted by Gasteiger charge is -2.31. The van der Waals surface area contributed by atoms with E-state index in [1.165, 1.54) is 19.1 Å². The van der Waals surface area contributed by atoms with Crippen molar-refractivity contribution in [3.05, 3.63) is 28.3 Å². The van der Waals surface area contributed by atoms with E-state index < -0.39 is 32.6 Å². The maximum atomic E-state index is 12.5. The van der Waals surface area contributed by atoms with E-state index in [4.69, 9.17) is 5.73 Å². The van der Waals surface area contributed by atoms with Crippen molar-refractivity contribution in [3.8, 4) is 0 Å². The van der Waals surface area contributed by atoms with E-state index in [2.05, 4.69) is 5.32 Å². The van der Waals surface area contributed by atoms with E-state index in [-0.39, 0.29) is 23.7 Å². The van der Waals surface area contributed by atoms with E-state index >= 15 is 0 Å². The number of benzene rings is 1. The number of piperazine rings is 1. The van der Waals surface area contributed by atoms with Crippen LogP contribution in [0.2, 0.25) is 0 Å². The number of nitro groups is 1. The van der Waals surface area contributed by atoms with Crippen LogP contribution < -0.4 is 11.1 Å². The predicted octanol–water partition coefficient (Wildman–Crippen LogP) is -0.314. The molecule has 21 heavy (non-hydrogen) atoms. The summed E-state index contributed by atoms with van der Waals surface area (Å²) in [4.78, 5) is 21.4. The van der Waals surface area contributed by atoms with Gasteiger partial charge < -0.3 is 11.1 Å². The third kappa shape index (κ3) is 2.67. The standard InChI is InChI=1S/C11H14N4O5S/c1-7-11(16)13-4-5-14(7)21(19,20)8-2-3-9(12)10(6-8)15(17)18/h2-3,6-7H,4-5,12H2,1H3,(H,13,16). The fourth-order valence-corrected chi connectivity index (χ4v) is 3.68. The minimum Gasteiger partial charge on any atom is -0.393 e. The largest absolute Gasteiger partial charge is 0.393 e. The molecule has 1 atom stereocenters. The number of nitrogens with zero attached hydrogens (tertiary/aromatic N) is 2. The van der Waals surface area contributed by atoms with E-state index in [9.17, 15) is 23.3 Å². The molecule has 0 aliphatic carbocycles. The predicted molar refractivity (Wildman–Crippen MR) is 73.9 cm³/mol. The number of carbonyl (C=O) groups excluding carboxylic acids is 1. The van der Waals surface area contributed by atoms with Gasteiger partial charge in [0.25, 0.3) is 5.69 Å². The first-order valence-corrected chi connectivity index (χ1v) is 7.52. The van der Waals surface area contributed by atoms with Gasteiger partial charge in [-0.25, -0.2) is 8.42 Å². The van der Waals surface area contributed by atoms with Crippen molar-refractivity contribution in [2.24, 2.45) is 0 Å². The molecule has 0 bridgehead atoms. The highest BCUT2D eigenvalue weighted by Crippen LogP contribution is 2.27. The van der Waals surface area contributed by atoms with Crippen LogP contribution in [0.3, 0.4) is 0 Å². The van der Waals surface area contributed by atoms with Crippen LogP contribution in [0.5, 0.6) is 0 Å². The average molecular weight is 314 g/mol. The Morgan fingerprint density at radius 1 is 1.48 bits per heavy atom. The Bertz CT molecular complexity index is 703. The second-order valence-corrected chi connectivity index (χ2v) is 6.45. The fourth-order valence-electron chi connectivity index (χ4n) is 2.07. The number of sulfonamides is 1. The third-order valence-electron chi connectivity index (χ3n) is 3.25. The summed E-state index contributed by atoms with van der Waals surface area (Å²) >= 11 is 0. The first kappa shape index (κ1) is 15.2. The zero-order valence-electron chi connectivity index (χ0n) is 11.1. The number of rotatable bonds is 3. The Hall–Kier alpha value is -2.20. The molecule has 9 nitrogen and oxygen atoms in total. The molecule has 0 saturated carbocycles. The maximum absolute atomic E-state index is 12.5. The van der Waals surface area contributed by atoms with Crippen LogP contribution in [0.4, 0.5) is 11.4 Å². The van der Waals surface area contributed by atoms with Crippen LogP contribution in [0, 0.1) is 10.1 Å². The van der Waals surface area contributed by atoms with Crippen molar-refractivity contribution >= 4 is 27.3 Å². The zero-order valence-corrected chi connectivity index (χ0v) is 12.0. The number of nitrogen functional groups attached to an aromatic ring is 1. The van der Waals surface area contributed by atoms with Gasteiger partial charge in [-0.3, -0.25) is 14.9 Å². The van der Waals surface area contributed by atoms with Crippen LogP contribution in [0.1, 0.15) is 6.92 Å². The Kier molecular flexibility index (Phi) is 3.83. The molecule has 0 radical (unpaired) electrons. The van der Waals surface area contributed by atoms with Gasteiger partial charge in [0.15, 0.2) is 0 Å². The summed E-state index contributed by atoms with van der Waals surface area (Å²) in [6, 6.07) is 2.39. The highest BCUT2D eigenvalue weighted by molar-refractivity contribution is 7.89. The minimum absolute atomic E-state index is 0.105. The smallest absolute Gasteiger partial charge is 0.293 e. The number of carbonyl (C=O) groups is 1. The molecule has 1 aliphatic rings. The molecular formula is C11H14N4O5S. The summed E-state index contributed by atoms with van der Waals surface area (Å²) in [6.45, 7) is 1.75. The first-order valence-electron chi connectivity index (χ1n) is 6.08. The zero-order chi connectivity index (χ0) is 15.8. The van der Waals surface area contributed by atoms with E-state index in [1.807, 2.05) is 0 Å². The van der Waals surface area contributed by atoms with Crippen LogP contribution in [-0.4, -0.2) is 42.7 Å². The Morgan fingerprint density at radius 3 is 2.76 bits per heavy atom. The van der Waals surface area contributed by atoms with Gasteiger partial charge in [0.1, 0.15) is 11.7 Å². The summed E-state index contributed by atoms with van der Waals surface area (Å²) in [5.41, 5.74) is 4.84. The highest BCUT2D eigenvalue weighted by Gasteiger charge is 2.36. The number of hydrogen-bond donors (Lipinski definition) is 2. The van der Waals surface area contributed by atoms with Gasteiger partial charge in [0.05, 0.1) is 9.82 Å². The second-order valence-electron chi connectivity index (χ2n) is 4.56. The summed E-state index contributed by atoms with van der Waals surface area (Å²) < 4.78 is 26.0. The van der Waals surface area contributed by atoms with Gasteiger partial charge in [-0.15, -0.1) is 0 Å². The summed E-state index contributed by atoms with van der Waals surface area (Å²) in [7, 11) is -4.00. The first-order chi connectivity index (χ1) is 9.75. The van der Waals surface area contributed by atoms with Gasteiger partial charge in [-0.2, -0.15) is 4.31 Å². The van der Waals surface area contributed by atoms with Crippen LogP contribution in [-0.2, 0) is 14.8 Å². The summed E-state index contributed by atoms with van der Waals surface area (Å²) in [6.07, 6.45) is 0. The van der Waals surface area contributed by atoms with Crippen LogP contribution >= 0.6 is 0 Å². The summed E-state index contributed by atoms with van der Waals surface area (Å²) in [5, 5.41) is 13.4. The average Bonchev–Trinajstić information content (AvgIpc) is 2.41. The monoisotopic (exact) mass is 314 g/mol.